The van der Waals surface area contributed by atoms with Crippen LogP contribution in [-0.4, -0.2) is 9.55 Å². The molecule has 2 heterocycles. The molecule has 5 rings (SSSR count). The maximum atomic E-state index is 13.2. The minimum absolute atomic E-state index is 0.102. The standard InChI is InChI=1S/C24H17F3N2O2/c25-24(26,27)17-10-11-21-20(13-17)28-23(29(21)14-18-7-4-12-30-18)15-31-22-9-3-6-16-5-1-2-8-19(16)22/h1-13H,14-15H2. The summed E-state index contributed by atoms with van der Waals surface area (Å²) in [5.74, 6) is 1.87. The molecular formula is C24H17F3N2O2. The number of hydrogen-bond acceptors (Lipinski definition) is 3. The van der Waals surface area contributed by atoms with Crippen LogP contribution < -0.4 is 4.74 Å². The molecule has 156 valence electrons. The van der Waals surface area contributed by atoms with Gasteiger partial charge >= 0.3 is 6.18 Å². The first kappa shape index (κ1) is 19.2. The van der Waals surface area contributed by atoms with Crippen molar-refractivity contribution >= 4 is 21.8 Å². The molecule has 0 N–H and O–H groups in total. The van der Waals surface area contributed by atoms with Gasteiger partial charge in [-0.2, -0.15) is 13.2 Å². The molecule has 4 nitrogen and oxygen atoms in total. The molecule has 0 aliphatic rings. The van der Waals surface area contributed by atoms with E-state index < -0.39 is 11.7 Å². The van der Waals surface area contributed by atoms with Gasteiger partial charge in [-0.1, -0.05) is 36.4 Å². The summed E-state index contributed by atoms with van der Waals surface area (Å²) in [6.07, 6.45) is -2.87. The van der Waals surface area contributed by atoms with Crippen LogP contribution >= 0.6 is 0 Å². The summed E-state index contributed by atoms with van der Waals surface area (Å²) in [5, 5.41) is 2.00. The van der Waals surface area contributed by atoms with Crippen LogP contribution in [0.1, 0.15) is 17.1 Å². The second-order valence-corrected chi connectivity index (χ2v) is 7.16. The van der Waals surface area contributed by atoms with E-state index in [9.17, 15) is 13.2 Å². The predicted molar refractivity (Wildman–Crippen MR) is 111 cm³/mol. The van der Waals surface area contributed by atoms with Crippen molar-refractivity contribution in [1.82, 2.24) is 9.55 Å². The van der Waals surface area contributed by atoms with Crippen LogP contribution in [0.3, 0.4) is 0 Å². The van der Waals surface area contributed by atoms with E-state index in [4.69, 9.17) is 9.15 Å². The van der Waals surface area contributed by atoms with Crippen molar-refractivity contribution < 1.29 is 22.3 Å². The molecule has 0 bridgehead atoms. The maximum Gasteiger partial charge on any atom is 0.416 e. The Morgan fingerprint density at radius 1 is 0.935 bits per heavy atom. The number of halogens is 3. The summed E-state index contributed by atoms with van der Waals surface area (Å²) in [4.78, 5) is 4.46. The van der Waals surface area contributed by atoms with Gasteiger partial charge < -0.3 is 13.7 Å². The Kier molecular flexibility index (Phi) is 4.66. The fourth-order valence-corrected chi connectivity index (χ4v) is 3.66. The fourth-order valence-electron chi connectivity index (χ4n) is 3.66. The lowest BCUT2D eigenvalue weighted by molar-refractivity contribution is -0.137. The van der Waals surface area contributed by atoms with E-state index in [0.717, 1.165) is 22.9 Å². The highest BCUT2D eigenvalue weighted by molar-refractivity contribution is 5.88. The molecule has 0 saturated carbocycles. The van der Waals surface area contributed by atoms with E-state index >= 15 is 0 Å². The number of furan rings is 1. The van der Waals surface area contributed by atoms with Crippen LogP contribution in [0.2, 0.25) is 0 Å². The topological polar surface area (TPSA) is 40.2 Å². The van der Waals surface area contributed by atoms with Crippen LogP contribution in [0, 0.1) is 0 Å². The number of ether oxygens (including phenoxy) is 1. The maximum absolute atomic E-state index is 13.2. The van der Waals surface area contributed by atoms with E-state index in [-0.39, 0.29) is 12.1 Å². The number of rotatable bonds is 5. The molecule has 0 spiro atoms. The third-order valence-electron chi connectivity index (χ3n) is 5.16. The van der Waals surface area contributed by atoms with Gasteiger partial charge in [-0.15, -0.1) is 0 Å². The highest BCUT2D eigenvalue weighted by atomic mass is 19.4. The van der Waals surface area contributed by atoms with Crippen molar-refractivity contribution in [3.8, 4) is 5.75 Å². The number of hydrogen-bond donors (Lipinski definition) is 0. The van der Waals surface area contributed by atoms with Crippen LogP contribution in [0.5, 0.6) is 5.75 Å². The molecule has 5 aromatic rings. The molecule has 0 atom stereocenters. The average molecular weight is 422 g/mol. The van der Waals surface area contributed by atoms with Crippen LogP contribution in [0.4, 0.5) is 13.2 Å². The van der Waals surface area contributed by atoms with Gasteiger partial charge in [0.15, 0.2) is 0 Å². The first-order valence-electron chi connectivity index (χ1n) is 9.68. The van der Waals surface area contributed by atoms with Gasteiger partial charge in [0.05, 0.1) is 29.4 Å². The van der Waals surface area contributed by atoms with E-state index in [2.05, 4.69) is 4.98 Å². The number of fused-ring (bicyclic) bond motifs is 2. The zero-order valence-corrected chi connectivity index (χ0v) is 16.3. The third-order valence-corrected chi connectivity index (χ3v) is 5.16. The van der Waals surface area contributed by atoms with E-state index in [1.54, 1.807) is 12.3 Å². The predicted octanol–water partition coefficient (Wildman–Crippen LogP) is 6.43. The fraction of sp³-hybridized carbons (Fsp3) is 0.125. The zero-order chi connectivity index (χ0) is 21.4. The van der Waals surface area contributed by atoms with Gasteiger partial charge in [-0.3, -0.25) is 0 Å². The summed E-state index contributed by atoms with van der Waals surface area (Å²) in [5.41, 5.74) is 0.114. The minimum atomic E-state index is -4.43. The lowest BCUT2D eigenvalue weighted by Crippen LogP contribution is -2.08. The van der Waals surface area contributed by atoms with Gasteiger partial charge in [0.2, 0.25) is 0 Å². The first-order chi connectivity index (χ1) is 15.0. The van der Waals surface area contributed by atoms with Gasteiger partial charge in [0.1, 0.15) is 23.9 Å². The highest BCUT2D eigenvalue weighted by Gasteiger charge is 2.31. The van der Waals surface area contributed by atoms with Crippen molar-refractivity contribution in [2.45, 2.75) is 19.3 Å². The number of nitrogens with zero attached hydrogens (tertiary/aromatic N) is 2. The Bertz CT molecular complexity index is 1350. The average Bonchev–Trinajstić information content (AvgIpc) is 3.39. The largest absolute Gasteiger partial charge is 0.485 e. The molecule has 0 fully saturated rings. The zero-order valence-electron chi connectivity index (χ0n) is 16.3. The quantitative estimate of drug-likeness (QED) is 0.328. The highest BCUT2D eigenvalue weighted by Crippen LogP contribution is 2.32. The minimum Gasteiger partial charge on any atom is -0.485 e. The summed E-state index contributed by atoms with van der Waals surface area (Å²) >= 11 is 0. The van der Waals surface area contributed by atoms with Crippen molar-refractivity contribution in [3.63, 3.8) is 0 Å². The smallest absolute Gasteiger partial charge is 0.416 e. The molecule has 0 unspecified atom stereocenters. The number of benzene rings is 3. The third kappa shape index (κ3) is 3.74. The lowest BCUT2D eigenvalue weighted by Gasteiger charge is -2.11. The number of aromatic nitrogens is 2. The van der Waals surface area contributed by atoms with Crippen molar-refractivity contribution in [2.75, 3.05) is 0 Å². The molecule has 0 radical (unpaired) electrons. The molecule has 31 heavy (non-hydrogen) atoms. The Balaban J connectivity index is 1.54. The molecule has 3 aromatic carbocycles. The van der Waals surface area contributed by atoms with Gasteiger partial charge in [0.25, 0.3) is 0 Å². The van der Waals surface area contributed by atoms with E-state index in [1.165, 1.54) is 6.07 Å². The normalized spacial score (nSPS) is 12.0. The SMILES string of the molecule is FC(F)(F)c1ccc2c(c1)nc(COc1cccc3ccccc13)n2Cc1ccco1. The Labute approximate surface area is 175 Å². The van der Waals surface area contributed by atoms with Crippen molar-refractivity contribution in [3.05, 3.63) is 96.2 Å². The van der Waals surface area contributed by atoms with E-state index in [1.807, 2.05) is 53.1 Å². The van der Waals surface area contributed by atoms with Crippen LogP contribution in [0.15, 0.2) is 83.5 Å². The van der Waals surface area contributed by atoms with E-state index in [0.29, 0.717) is 29.4 Å². The molecule has 0 saturated heterocycles. The monoisotopic (exact) mass is 422 g/mol. The first-order valence-corrected chi connectivity index (χ1v) is 9.68. The second-order valence-electron chi connectivity index (χ2n) is 7.16. The van der Waals surface area contributed by atoms with Gasteiger partial charge in [-0.05, 0) is 41.8 Å². The van der Waals surface area contributed by atoms with Crippen molar-refractivity contribution in [2.24, 2.45) is 0 Å². The Hall–Kier alpha value is -3.74. The van der Waals surface area contributed by atoms with Crippen molar-refractivity contribution in [1.29, 1.82) is 0 Å². The molecular weight excluding hydrogens is 405 g/mol. The summed E-state index contributed by atoms with van der Waals surface area (Å²) in [7, 11) is 0. The van der Waals surface area contributed by atoms with Gasteiger partial charge in [0, 0.05) is 5.39 Å². The second kappa shape index (κ2) is 7.50. The van der Waals surface area contributed by atoms with Gasteiger partial charge in [-0.25, -0.2) is 4.98 Å². The molecule has 0 aliphatic heterocycles. The Morgan fingerprint density at radius 2 is 1.77 bits per heavy atom. The molecule has 2 aromatic heterocycles. The van der Waals surface area contributed by atoms with Crippen LogP contribution in [0.25, 0.3) is 21.8 Å². The molecule has 0 amide bonds. The summed E-state index contributed by atoms with van der Waals surface area (Å²) < 4.78 is 52.8. The lowest BCUT2D eigenvalue weighted by atomic mass is 10.1. The molecule has 0 aliphatic carbocycles. The number of imidazole rings is 1. The van der Waals surface area contributed by atoms with Crippen LogP contribution in [-0.2, 0) is 19.3 Å². The summed E-state index contributed by atoms with van der Waals surface area (Å²) in [6.45, 7) is 0.438. The molecule has 7 heteroatoms. The summed E-state index contributed by atoms with van der Waals surface area (Å²) in [6, 6.07) is 20.7. The number of alkyl halides is 3. The Morgan fingerprint density at radius 3 is 2.58 bits per heavy atom.